The number of esters is 1. The molecule has 0 saturated heterocycles. The van der Waals surface area contributed by atoms with Crippen LogP contribution >= 0.6 is 0 Å². The molecule has 1 aromatic rings. The Morgan fingerprint density at radius 3 is 2.38 bits per heavy atom. The van der Waals surface area contributed by atoms with E-state index >= 15 is 0 Å². The molecule has 0 saturated carbocycles. The fourth-order valence-electron chi connectivity index (χ4n) is 1.48. The summed E-state index contributed by atoms with van der Waals surface area (Å²) in [5.74, 6) is -0.375. The first-order chi connectivity index (χ1) is 7.69. The zero-order chi connectivity index (χ0) is 12.0. The van der Waals surface area contributed by atoms with Crippen LogP contribution in [0.25, 0.3) is 0 Å². The van der Waals surface area contributed by atoms with Gasteiger partial charge in [0.05, 0.1) is 11.7 Å². The van der Waals surface area contributed by atoms with Gasteiger partial charge in [-0.3, -0.25) is 0 Å². The van der Waals surface area contributed by atoms with Crippen LogP contribution in [0, 0.1) is 0 Å². The molecule has 2 atom stereocenters. The SMILES string of the molecule is CC[C@@H](O)[C@@H](CC)OC(=O)c1ccccc1. The van der Waals surface area contributed by atoms with Gasteiger partial charge in [0.2, 0.25) is 0 Å². The van der Waals surface area contributed by atoms with Crippen molar-refractivity contribution in [3.63, 3.8) is 0 Å². The summed E-state index contributed by atoms with van der Waals surface area (Å²) in [4.78, 5) is 11.7. The molecular formula is C13H18O3. The second-order valence-electron chi connectivity index (χ2n) is 3.69. The molecule has 0 amide bonds. The molecule has 0 spiro atoms. The molecule has 0 radical (unpaired) electrons. The van der Waals surface area contributed by atoms with Gasteiger partial charge in [-0.05, 0) is 25.0 Å². The highest BCUT2D eigenvalue weighted by Crippen LogP contribution is 2.11. The predicted octanol–water partition coefficient (Wildman–Crippen LogP) is 2.39. The maximum absolute atomic E-state index is 11.7. The zero-order valence-corrected chi connectivity index (χ0v) is 9.72. The number of hydrogen-bond donors (Lipinski definition) is 1. The van der Waals surface area contributed by atoms with Gasteiger partial charge in [-0.2, -0.15) is 0 Å². The molecule has 0 heterocycles. The topological polar surface area (TPSA) is 46.5 Å². The van der Waals surface area contributed by atoms with E-state index in [4.69, 9.17) is 4.74 Å². The number of rotatable bonds is 5. The molecule has 0 aliphatic rings. The number of aliphatic hydroxyl groups is 1. The van der Waals surface area contributed by atoms with Crippen molar-refractivity contribution in [2.24, 2.45) is 0 Å². The van der Waals surface area contributed by atoms with E-state index in [1.807, 2.05) is 19.9 Å². The minimum atomic E-state index is -0.585. The van der Waals surface area contributed by atoms with E-state index in [1.165, 1.54) is 0 Å². The van der Waals surface area contributed by atoms with Gasteiger partial charge in [-0.1, -0.05) is 32.0 Å². The molecule has 0 bridgehead atoms. The number of ether oxygens (including phenoxy) is 1. The third-order valence-corrected chi connectivity index (χ3v) is 2.52. The number of carbonyl (C=O) groups is 1. The van der Waals surface area contributed by atoms with Crippen LogP contribution in [0.2, 0.25) is 0 Å². The maximum Gasteiger partial charge on any atom is 0.338 e. The standard InChI is InChI=1S/C13H18O3/c1-3-11(14)12(4-2)16-13(15)10-8-6-5-7-9-10/h5-9,11-12,14H,3-4H2,1-2H3/t11-,12-/m1/s1. The van der Waals surface area contributed by atoms with Crippen molar-refractivity contribution in [2.75, 3.05) is 0 Å². The van der Waals surface area contributed by atoms with E-state index in [2.05, 4.69) is 0 Å². The van der Waals surface area contributed by atoms with Gasteiger partial charge in [0.1, 0.15) is 6.10 Å². The highest BCUT2D eigenvalue weighted by atomic mass is 16.6. The minimum absolute atomic E-state index is 0.375. The molecule has 0 fully saturated rings. The van der Waals surface area contributed by atoms with Crippen molar-refractivity contribution in [2.45, 2.75) is 38.9 Å². The average Bonchev–Trinajstić information content (AvgIpc) is 2.35. The van der Waals surface area contributed by atoms with Crippen LogP contribution in [0.1, 0.15) is 37.0 Å². The first-order valence-corrected chi connectivity index (χ1v) is 5.63. The molecule has 88 valence electrons. The summed E-state index contributed by atoms with van der Waals surface area (Å²) in [6.45, 7) is 3.76. The van der Waals surface area contributed by atoms with Crippen LogP contribution in [-0.4, -0.2) is 23.3 Å². The van der Waals surface area contributed by atoms with Gasteiger partial charge < -0.3 is 9.84 Å². The first-order valence-electron chi connectivity index (χ1n) is 5.63. The third kappa shape index (κ3) is 3.35. The van der Waals surface area contributed by atoms with Gasteiger partial charge in [0, 0.05) is 0 Å². The summed E-state index contributed by atoms with van der Waals surface area (Å²) in [5, 5.41) is 9.64. The van der Waals surface area contributed by atoms with E-state index in [9.17, 15) is 9.90 Å². The molecule has 0 aliphatic heterocycles. The van der Waals surface area contributed by atoms with E-state index in [-0.39, 0.29) is 5.97 Å². The molecule has 0 aliphatic carbocycles. The lowest BCUT2D eigenvalue weighted by Crippen LogP contribution is -2.30. The molecule has 1 rings (SSSR count). The van der Waals surface area contributed by atoms with E-state index in [1.54, 1.807) is 24.3 Å². The van der Waals surface area contributed by atoms with E-state index in [0.717, 1.165) is 0 Å². The van der Waals surface area contributed by atoms with Crippen LogP contribution in [0.15, 0.2) is 30.3 Å². The highest BCUT2D eigenvalue weighted by Gasteiger charge is 2.20. The number of carbonyl (C=O) groups excluding carboxylic acids is 1. The molecular weight excluding hydrogens is 204 g/mol. The van der Waals surface area contributed by atoms with Crippen molar-refractivity contribution in [3.8, 4) is 0 Å². The zero-order valence-electron chi connectivity index (χ0n) is 9.72. The molecule has 0 aromatic heterocycles. The lowest BCUT2D eigenvalue weighted by molar-refractivity contribution is -0.0206. The van der Waals surface area contributed by atoms with Crippen molar-refractivity contribution in [1.29, 1.82) is 0 Å². The fraction of sp³-hybridized carbons (Fsp3) is 0.462. The van der Waals surface area contributed by atoms with E-state index < -0.39 is 12.2 Å². The highest BCUT2D eigenvalue weighted by molar-refractivity contribution is 5.89. The maximum atomic E-state index is 11.7. The van der Waals surface area contributed by atoms with Gasteiger partial charge in [0.25, 0.3) is 0 Å². The number of hydrogen-bond acceptors (Lipinski definition) is 3. The predicted molar refractivity (Wildman–Crippen MR) is 62.2 cm³/mol. The van der Waals surface area contributed by atoms with Crippen LogP contribution in [0.3, 0.4) is 0 Å². The quantitative estimate of drug-likeness (QED) is 0.778. The second kappa shape index (κ2) is 6.28. The second-order valence-corrected chi connectivity index (χ2v) is 3.69. The normalized spacial score (nSPS) is 14.2. The van der Waals surface area contributed by atoms with Crippen LogP contribution < -0.4 is 0 Å². The Balaban J connectivity index is 2.63. The largest absolute Gasteiger partial charge is 0.456 e. The van der Waals surface area contributed by atoms with Gasteiger partial charge in [-0.15, -0.1) is 0 Å². The fourth-order valence-corrected chi connectivity index (χ4v) is 1.48. The smallest absolute Gasteiger partial charge is 0.338 e. The monoisotopic (exact) mass is 222 g/mol. The molecule has 1 N–H and O–H groups in total. The Kier molecular flexibility index (Phi) is 4.99. The Morgan fingerprint density at radius 1 is 1.25 bits per heavy atom. The summed E-state index contributed by atoms with van der Waals surface area (Å²) < 4.78 is 5.25. The van der Waals surface area contributed by atoms with Crippen LogP contribution in [0.5, 0.6) is 0 Å². The Hall–Kier alpha value is -1.35. The molecule has 16 heavy (non-hydrogen) atoms. The summed E-state index contributed by atoms with van der Waals surface area (Å²) in [6, 6.07) is 8.82. The molecule has 3 nitrogen and oxygen atoms in total. The van der Waals surface area contributed by atoms with E-state index in [0.29, 0.717) is 18.4 Å². The van der Waals surface area contributed by atoms with Crippen molar-refractivity contribution >= 4 is 5.97 Å². The summed E-state index contributed by atoms with van der Waals surface area (Å²) in [5.41, 5.74) is 0.518. The molecule has 3 heteroatoms. The lowest BCUT2D eigenvalue weighted by Gasteiger charge is -2.20. The number of benzene rings is 1. The van der Waals surface area contributed by atoms with Gasteiger partial charge >= 0.3 is 5.97 Å². The van der Waals surface area contributed by atoms with Crippen LogP contribution in [0.4, 0.5) is 0 Å². The van der Waals surface area contributed by atoms with Crippen molar-refractivity contribution < 1.29 is 14.6 Å². The average molecular weight is 222 g/mol. The lowest BCUT2D eigenvalue weighted by atomic mass is 10.1. The molecule has 1 aromatic carbocycles. The Bertz CT molecular complexity index is 321. The third-order valence-electron chi connectivity index (χ3n) is 2.52. The summed E-state index contributed by atoms with van der Waals surface area (Å²) >= 11 is 0. The Morgan fingerprint density at radius 2 is 1.88 bits per heavy atom. The van der Waals surface area contributed by atoms with Crippen molar-refractivity contribution in [3.05, 3.63) is 35.9 Å². The Labute approximate surface area is 96.1 Å². The first kappa shape index (κ1) is 12.7. The minimum Gasteiger partial charge on any atom is -0.456 e. The van der Waals surface area contributed by atoms with Gasteiger partial charge in [0.15, 0.2) is 0 Å². The number of aliphatic hydroxyl groups excluding tert-OH is 1. The molecule has 0 unspecified atom stereocenters. The summed E-state index contributed by atoms with van der Waals surface area (Å²) in [6.07, 6.45) is 0.198. The summed E-state index contributed by atoms with van der Waals surface area (Å²) in [7, 11) is 0. The van der Waals surface area contributed by atoms with Crippen molar-refractivity contribution in [1.82, 2.24) is 0 Å². The van der Waals surface area contributed by atoms with Crippen LogP contribution in [-0.2, 0) is 4.74 Å². The van der Waals surface area contributed by atoms with Gasteiger partial charge in [-0.25, -0.2) is 4.79 Å².